The fraction of sp³-hybridized carbons (Fsp3) is 0.444. The van der Waals surface area contributed by atoms with E-state index in [0.29, 0.717) is 6.42 Å². The van der Waals surface area contributed by atoms with Crippen LogP contribution in [0.5, 0.6) is 0 Å². The lowest BCUT2D eigenvalue weighted by atomic mass is 9.89. The fourth-order valence-corrected chi connectivity index (χ4v) is 3.67. The number of hydrogen-bond acceptors (Lipinski definition) is 3. The summed E-state index contributed by atoms with van der Waals surface area (Å²) in [6, 6.07) is 6.70. The predicted octanol–water partition coefficient (Wildman–Crippen LogP) is 3.75. The second kappa shape index (κ2) is 6.61. The first kappa shape index (κ1) is 15.2. The van der Waals surface area contributed by atoms with Gasteiger partial charge in [-0.3, -0.25) is 4.79 Å². The summed E-state index contributed by atoms with van der Waals surface area (Å²) in [7, 11) is 0. The Morgan fingerprint density at radius 1 is 1.32 bits per heavy atom. The second-order valence-corrected chi connectivity index (χ2v) is 7.12. The molecule has 0 fully saturated rings. The van der Waals surface area contributed by atoms with Gasteiger partial charge in [0.05, 0.1) is 23.2 Å². The van der Waals surface area contributed by atoms with Gasteiger partial charge < -0.3 is 5.32 Å². The van der Waals surface area contributed by atoms with Gasteiger partial charge >= 0.3 is 0 Å². The van der Waals surface area contributed by atoms with Gasteiger partial charge in [-0.15, -0.1) is 11.3 Å². The average Bonchev–Trinajstić information content (AvgIpc) is 2.91. The lowest BCUT2D eigenvalue weighted by molar-refractivity contribution is -0.121. The molecule has 4 heteroatoms. The molecular weight excluding hydrogens is 292 g/mol. The van der Waals surface area contributed by atoms with Gasteiger partial charge in [0, 0.05) is 5.38 Å². The number of nitrogens with one attached hydrogen (secondary N) is 1. The summed E-state index contributed by atoms with van der Waals surface area (Å²) >= 11 is 1.59. The van der Waals surface area contributed by atoms with Crippen LogP contribution in [0.25, 0.3) is 0 Å². The van der Waals surface area contributed by atoms with E-state index >= 15 is 0 Å². The Morgan fingerprint density at radius 2 is 2.09 bits per heavy atom. The first-order valence-corrected chi connectivity index (χ1v) is 8.82. The van der Waals surface area contributed by atoms with E-state index in [1.807, 2.05) is 12.3 Å². The molecule has 116 valence electrons. The summed E-state index contributed by atoms with van der Waals surface area (Å²) in [5.41, 5.74) is 4.99. The minimum atomic E-state index is 0.0375. The largest absolute Gasteiger partial charge is 0.349 e. The molecule has 1 unspecified atom stereocenters. The Balaban J connectivity index is 1.63. The molecule has 1 N–H and O–H groups in total. The molecule has 0 radical (unpaired) electrons. The zero-order valence-corrected chi connectivity index (χ0v) is 14.0. The summed E-state index contributed by atoms with van der Waals surface area (Å²) in [6.45, 7) is 4.01. The maximum Gasteiger partial charge on any atom is 0.226 e. The third-order valence-electron chi connectivity index (χ3n) is 4.26. The molecule has 2 aromatic rings. The average molecular weight is 314 g/mol. The molecule has 0 bridgehead atoms. The van der Waals surface area contributed by atoms with Crippen molar-refractivity contribution in [1.82, 2.24) is 10.3 Å². The SMILES string of the molecule is Cc1nc(CC(=O)NC(C)c2ccc3c(c2)CCCC3)cs1. The number of aromatic nitrogens is 1. The predicted molar refractivity (Wildman–Crippen MR) is 90.2 cm³/mol. The second-order valence-electron chi connectivity index (χ2n) is 6.06. The monoisotopic (exact) mass is 314 g/mol. The molecule has 0 saturated carbocycles. The van der Waals surface area contributed by atoms with Gasteiger partial charge in [0.25, 0.3) is 0 Å². The molecular formula is C18H22N2OS. The van der Waals surface area contributed by atoms with Crippen LogP contribution in [0.1, 0.15) is 53.2 Å². The van der Waals surface area contributed by atoms with Crippen molar-refractivity contribution >= 4 is 17.2 Å². The highest BCUT2D eigenvalue weighted by atomic mass is 32.1. The molecule has 1 aromatic carbocycles. The van der Waals surface area contributed by atoms with Crippen LogP contribution in [-0.4, -0.2) is 10.9 Å². The van der Waals surface area contributed by atoms with Crippen molar-refractivity contribution in [2.24, 2.45) is 0 Å². The number of amides is 1. The van der Waals surface area contributed by atoms with Crippen molar-refractivity contribution in [2.45, 2.75) is 52.0 Å². The molecule has 22 heavy (non-hydrogen) atoms. The van der Waals surface area contributed by atoms with E-state index in [2.05, 4.69) is 35.4 Å². The van der Waals surface area contributed by atoms with Gasteiger partial charge in [-0.2, -0.15) is 0 Å². The number of hydrogen-bond donors (Lipinski definition) is 1. The van der Waals surface area contributed by atoms with E-state index in [1.165, 1.54) is 42.4 Å². The van der Waals surface area contributed by atoms with Crippen LogP contribution in [0.2, 0.25) is 0 Å². The molecule has 1 aromatic heterocycles. The van der Waals surface area contributed by atoms with Crippen LogP contribution in [0, 0.1) is 6.92 Å². The smallest absolute Gasteiger partial charge is 0.226 e. The minimum Gasteiger partial charge on any atom is -0.349 e. The van der Waals surface area contributed by atoms with Crippen molar-refractivity contribution in [1.29, 1.82) is 0 Å². The van der Waals surface area contributed by atoms with Crippen LogP contribution >= 0.6 is 11.3 Å². The fourth-order valence-electron chi connectivity index (χ4n) is 3.05. The van der Waals surface area contributed by atoms with Gasteiger partial charge in [-0.25, -0.2) is 4.98 Å². The Morgan fingerprint density at radius 3 is 2.82 bits per heavy atom. The number of carbonyl (C=O) groups excluding carboxylic acids is 1. The summed E-state index contributed by atoms with van der Waals surface area (Å²) < 4.78 is 0. The van der Waals surface area contributed by atoms with Crippen molar-refractivity contribution < 1.29 is 4.79 Å². The quantitative estimate of drug-likeness (QED) is 0.934. The minimum absolute atomic E-state index is 0.0375. The number of fused-ring (bicyclic) bond motifs is 1. The zero-order valence-electron chi connectivity index (χ0n) is 13.2. The van der Waals surface area contributed by atoms with Gasteiger partial charge in [-0.1, -0.05) is 18.2 Å². The summed E-state index contributed by atoms with van der Waals surface area (Å²) in [5.74, 6) is 0.0375. The van der Waals surface area contributed by atoms with Crippen LogP contribution in [-0.2, 0) is 24.1 Å². The van der Waals surface area contributed by atoms with Crippen molar-refractivity contribution in [3.63, 3.8) is 0 Å². The maximum atomic E-state index is 12.1. The first-order valence-electron chi connectivity index (χ1n) is 7.94. The molecule has 3 nitrogen and oxygen atoms in total. The highest BCUT2D eigenvalue weighted by Gasteiger charge is 2.14. The normalized spacial score (nSPS) is 15.2. The van der Waals surface area contributed by atoms with E-state index in [0.717, 1.165) is 10.7 Å². The highest BCUT2D eigenvalue weighted by Crippen LogP contribution is 2.24. The van der Waals surface area contributed by atoms with E-state index in [-0.39, 0.29) is 11.9 Å². The number of thiazole rings is 1. The Kier molecular flexibility index (Phi) is 4.57. The molecule has 0 spiro atoms. The number of nitrogens with zero attached hydrogens (tertiary/aromatic N) is 1. The Bertz CT molecular complexity index is 677. The van der Waals surface area contributed by atoms with E-state index < -0.39 is 0 Å². The summed E-state index contributed by atoms with van der Waals surface area (Å²) in [5, 5.41) is 6.05. The Hall–Kier alpha value is -1.68. The topological polar surface area (TPSA) is 42.0 Å². The maximum absolute atomic E-state index is 12.1. The van der Waals surface area contributed by atoms with Gasteiger partial charge in [0.2, 0.25) is 5.91 Å². The van der Waals surface area contributed by atoms with Gasteiger partial charge in [0.1, 0.15) is 0 Å². The van der Waals surface area contributed by atoms with Crippen LogP contribution in [0.15, 0.2) is 23.6 Å². The summed E-state index contributed by atoms with van der Waals surface area (Å²) in [4.78, 5) is 16.5. The van der Waals surface area contributed by atoms with E-state index in [9.17, 15) is 4.79 Å². The number of carbonyl (C=O) groups is 1. The third-order valence-corrected chi connectivity index (χ3v) is 5.08. The van der Waals surface area contributed by atoms with Crippen molar-refractivity contribution in [3.05, 3.63) is 51.0 Å². The number of aryl methyl sites for hydroxylation is 3. The molecule has 0 aliphatic heterocycles. The molecule has 1 aliphatic rings. The number of benzene rings is 1. The Labute approximate surface area is 135 Å². The lowest BCUT2D eigenvalue weighted by Crippen LogP contribution is -2.28. The molecule has 1 atom stereocenters. The first-order chi connectivity index (χ1) is 10.6. The van der Waals surface area contributed by atoms with Crippen LogP contribution in [0.4, 0.5) is 0 Å². The lowest BCUT2D eigenvalue weighted by Gasteiger charge is -2.20. The highest BCUT2D eigenvalue weighted by molar-refractivity contribution is 7.09. The van der Waals surface area contributed by atoms with E-state index in [4.69, 9.17) is 0 Å². The molecule has 1 heterocycles. The number of rotatable bonds is 4. The summed E-state index contributed by atoms with van der Waals surface area (Å²) in [6.07, 6.45) is 5.30. The third kappa shape index (κ3) is 3.55. The standard InChI is InChI=1S/C18H22N2OS/c1-12(19-18(21)10-17-11-22-13(2)20-17)15-8-7-14-5-3-4-6-16(14)9-15/h7-9,11-12H,3-6,10H2,1-2H3,(H,19,21). The molecule has 0 saturated heterocycles. The molecule has 1 aliphatic carbocycles. The molecule has 3 rings (SSSR count). The van der Waals surface area contributed by atoms with Gasteiger partial charge in [-0.05, 0) is 56.2 Å². The van der Waals surface area contributed by atoms with E-state index in [1.54, 1.807) is 11.3 Å². The van der Waals surface area contributed by atoms with Crippen molar-refractivity contribution in [2.75, 3.05) is 0 Å². The van der Waals surface area contributed by atoms with Crippen LogP contribution < -0.4 is 5.32 Å². The van der Waals surface area contributed by atoms with Crippen molar-refractivity contribution in [3.8, 4) is 0 Å². The molecule has 1 amide bonds. The van der Waals surface area contributed by atoms with Gasteiger partial charge in [0.15, 0.2) is 0 Å². The van der Waals surface area contributed by atoms with Crippen LogP contribution in [0.3, 0.4) is 0 Å². The zero-order chi connectivity index (χ0) is 15.5.